The maximum absolute atomic E-state index is 10.0. The minimum Gasteiger partial charge on any atom is -0.389 e. The van der Waals surface area contributed by atoms with Crippen LogP contribution in [-0.2, 0) is 19.4 Å². The zero-order valence-corrected chi connectivity index (χ0v) is 11.5. The Bertz CT molecular complexity index is 624. The van der Waals surface area contributed by atoms with E-state index in [4.69, 9.17) is 5.73 Å². The normalized spacial score (nSPS) is 15.7. The second-order valence-electron chi connectivity index (χ2n) is 6.01. The van der Waals surface area contributed by atoms with Crippen LogP contribution in [-0.4, -0.2) is 25.2 Å². The fourth-order valence-corrected chi connectivity index (χ4v) is 2.89. The van der Waals surface area contributed by atoms with E-state index >= 15 is 0 Å². The van der Waals surface area contributed by atoms with Crippen LogP contribution in [0.3, 0.4) is 0 Å². The van der Waals surface area contributed by atoms with Gasteiger partial charge in [-0.3, -0.25) is 0 Å². The Kier molecular flexibility index (Phi) is 2.74. The Balaban J connectivity index is 2.22. The van der Waals surface area contributed by atoms with Crippen LogP contribution >= 0.6 is 0 Å². The van der Waals surface area contributed by atoms with E-state index in [9.17, 15) is 5.11 Å². The molecule has 0 saturated heterocycles. The highest BCUT2D eigenvalue weighted by atomic mass is 16.3. The summed E-state index contributed by atoms with van der Waals surface area (Å²) in [4.78, 5) is 8.87. The molecule has 0 saturated carbocycles. The molecule has 2 heterocycles. The number of hydrogen-bond donors (Lipinski definition) is 2. The lowest BCUT2D eigenvalue weighted by molar-refractivity contribution is 0.0626. The van der Waals surface area contributed by atoms with Crippen LogP contribution in [0.1, 0.15) is 37.9 Å². The number of nitrogens with zero attached hydrogens (tertiary/aromatic N) is 3. The third kappa shape index (κ3) is 2.18. The van der Waals surface area contributed by atoms with Gasteiger partial charge in [0.1, 0.15) is 5.52 Å². The largest absolute Gasteiger partial charge is 0.389 e. The van der Waals surface area contributed by atoms with Gasteiger partial charge in [0, 0.05) is 5.69 Å². The molecule has 0 aliphatic heterocycles. The zero-order chi connectivity index (χ0) is 13.6. The predicted molar refractivity (Wildman–Crippen MR) is 74.9 cm³/mol. The monoisotopic (exact) mass is 260 g/mol. The molecule has 3 rings (SSSR count). The molecular formula is C14H20N4O. The Labute approximate surface area is 112 Å². The summed E-state index contributed by atoms with van der Waals surface area (Å²) in [5.74, 6) is 0.505. The average Bonchev–Trinajstić information content (AvgIpc) is 2.72. The molecule has 0 radical (unpaired) electrons. The summed E-state index contributed by atoms with van der Waals surface area (Å²) >= 11 is 0. The predicted octanol–water partition coefficient (Wildman–Crippen LogP) is 1.66. The number of nitrogens with two attached hydrogens (primary N) is 1. The van der Waals surface area contributed by atoms with E-state index in [-0.39, 0.29) is 0 Å². The van der Waals surface area contributed by atoms with Crippen molar-refractivity contribution in [1.82, 2.24) is 14.5 Å². The van der Waals surface area contributed by atoms with Crippen molar-refractivity contribution in [1.29, 1.82) is 0 Å². The first-order chi connectivity index (χ1) is 8.96. The van der Waals surface area contributed by atoms with E-state index in [1.54, 1.807) is 20.2 Å². The summed E-state index contributed by atoms with van der Waals surface area (Å²) in [6, 6.07) is 0. The van der Waals surface area contributed by atoms with E-state index in [0.29, 0.717) is 12.4 Å². The highest BCUT2D eigenvalue weighted by molar-refractivity contribution is 5.88. The molecule has 5 nitrogen and oxygen atoms in total. The van der Waals surface area contributed by atoms with Crippen LogP contribution < -0.4 is 5.73 Å². The molecule has 0 amide bonds. The average molecular weight is 260 g/mol. The summed E-state index contributed by atoms with van der Waals surface area (Å²) in [5, 5.41) is 10.0. The molecule has 0 spiro atoms. The Morgan fingerprint density at radius 1 is 1.37 bits per heavy atom. The van der Waals surface area contributed by atoms with Gasteiger partial charge in [0.05, 0.1) is 24.0 Å². The van der Waals surface area contributed by atoms with Gasteiger partial charge in [-0.15, -0.1) is 0 Å². The number of imidazole rings is 1. The van der Waals surface area contributed by atoms with E-state index in [0.717, 1.165) is 29.6 Å². The maximum atomic E-state index is 10.0. The molecule has 2 aromatic heterocycles. The first-order valence-corrected chi connectivity index (χ1v) is 6.80. The van der Waals surface area contributed by atoms with Gasteiger partial charge in [-0.05, 0) is 45.1 Å². The number of aliphatic hydroxyl groups is 1. The molecule has 0 aromatic carbocycles. The van der Waals surface area contributed by atoms with Gasteiger partial charge in [-0.2, -0.15) is 0 Å². The fraction of sp³-hybridized carbons (Fsp3) is 0.571. The van der Waals surface area contributed by atoms with E-state index < -0.39 is 5.60 Å². The number of nitrogen functional groups attached to an aromatic ring is 1. The van der Waals surface area contributed by atoms with Gasteiger partial charge in [0.2, 0.25) is 0 Å². The van der Waals surface area contributed by atoms with Gasteiger partial charge in [-0.25, -0.2) is 9.97 Å². The van der Waals surface area contributed by atoms with Crippen molar-refractivity contribution in [2.75, 3.05) is 5.73 Å². The van der Waals surface area contributed by atoms with Crippen LogP contribution in [0.4, 0.5) is 5.82 Å². The molecule has 19 heavy (non-hydrogen) atoms. The standard InChI is InChI=1S/C14H20N4O/c1-14(2,19)7-18-8-16-11-12(18)9-5-3-4-6-10(9)17-13(11)15/h8,19H,3-7H2,1-2H3,(H2,15,17). The van der Waals surface area contributed by atoms with Gasteiger partial charge in [-0.1, -0.05) is 0 Å². The van der Waals surface area contributed by atoms with Crippen molar-refractivity contribution in [3.63, 3.8) is 0 Å². The molecule has 0 atom stereocenters. The van der Waals surface area contributed by atoms with E-state index in [1.165, 1.54) is 18.4 Å². The highest BCUT2D eigenvalue weighted by Gasteiger charge is 2.22. The number of aromatic nitrogens is 3. The minimum absolute atomic E-state index is 0.505. The van der Waals surface area contributed by atoms with Crippen molar-refractivity contribution in [3.05, 3.63) is 17.6 Å². The van der Waals surface area contributed by atoms with Gasteiger partial charge < -0.3 is 15.4 Å². The summed E-state index contributed by atoms with van der Waals surface area (Å²) in [5.41, 5.74) is 9.43. The lowest BCUT2D eigenvalue weighted by atomic mass is 9.94. The molecule has 5 heteroatoms. The second-order valence-corrected chi connectivity index (χ2v) is 6.01. The van der Waals surface area contributed by atoms with Gasteiger partial charge >= 0.3 is 0 Å². The summed E-state index contributed by atoms with van der Waals surface area (Å²) in [6.45, 7) is 4.12. The molecular weight excluding hydrogens is 240 g/mol. The topological polar surface area (TPSA) is 77.0 Å². The molecule has 2 aromatic rings. The zero-order valence-electron chi connectivity index (χ0n) is 11.5. The number of hydrogen-bond acceptors (Lipinski definition) is 4. The number of rotatable bonds is 2. The molecule has 1 aliphatic carbocycles. The van der Waals surface area contributed by atoms with Gasteiger partial charge in [0.15, 0.2) is 5.82 Å². The third-order valence-electron chi connectivity index (χ3n) is 3.62. The summed E-state index contributed by atoms with van der Waals surface area (Å²) in [6.07, 6.45) is 6.13. The number of anilines is 1. The molecule has 0 bridgehead atoms. The summed E-state index contributed by atoms with van der Waals surface area (Å²) < 4.78 is 2.01. The van der Waals surface area contributed by atoms with E-state index in [1.807, 2.05) is 4.57 Å². The Hall–Kier alpha value is -1.62. The van der Waals surface area contributed by atoms with E-state index in [2.05, 4.69) is 9.97 Å². The van der Waals surface area contributed by atoms with Crippen LogP contribution in [0.5, 0.6) is 0 Å². The minimum atomic E-state index is -0.771. The van der Waals surface area contributed by atoms with Crippen molar-refractivity contribution in [2.45, 2.75) is 51.7 Å². The van der Waals surface area contributed by atoms with Crippen LogP contribution in [0.25, 0.3) is 11.0 Å². The fourth-order valence-electron chi connectivity index (χ4n) is 2.89. The Morgan fingerprint density at radius 2 is 2.11 bits per heavy atom. The third-order valence-corrected chi connectivity index (χ3v) is 3.62. The highest BCUT2D eigenvalue weighted by Crippen LogP contribution is 2.30. The summed E-state index contributed by atoms with van der Waals surface area (Å²) in [7, 11) is 0. The van der Waals surface area contributed by atoms with Crippen LogP contribution in [0.2, 0.25) is 0 Å². The SMILES string of the molecule is CC(C)(O)Cn1cnc2c(N)nc3c(c21)CCCC3. The van der Waals surface area contributed by atoms with Crippen LogP contribution in [0, 0.1) is 0 Å². The maximum Gasteiger partial charge on any atom is 0.151 e. The van der Waals surface area contributed by atoms with Gasteiger partial charge in [0.25, 0.3) is 0 Å². The lowest BCUT2D eigenvalue weighted by Gasteiger charge is -2.21. The number of pyridine rings is 1. The molecule has 1 aliphatic rings. The smallest absolute Gasteiger partial charge is 0.151 e. The lowest BCUT2D eigenvalue weighted by Crippen LogP contribution is -2.26. The van der Waals surface area contributed by atoms with Crippen molar-refractivity contribution in [2.24, 2.45) is 0 Å². The first-order valence-electron chi connectivity index (χ1n) is 6.80. The number of fused-ring (bicyclic) bond motifs is 3. The second kappa shape index (κ2) is 4.20. The molecule has 0 unspecified atom stereocenters. The molecule has 3 N–H and O–H groups in total. The van der Waals surface area contributed by atoms with Crippen LogP contribution in [0.15, 0.2) is 6.33 Å². The number of aryl methyl sites for hydroxylation is 2. The van der Waals surface area contributed by atoms with Crippen molar-refractivity contribution >= 4 is 16.9 Å². The van der Waals surface area contributed by atoms with Crippen molar-refractivity contribution in [3.8, 4) is 0 Å². The molecule has 0 fully saturated rings. The van der Waals surface area contributed by atoms with Crippen molar-refractivity contribution < 1.29 is 5.11 Å². The first kappa shape index (κ1) is 12.4. The molecule has 102 valence electrons. The quantitative estimate of drug-likeness (QED) is 0.861. The Morgan fingerprint density at radius 3 is 2.84 bits per heavy atom.